The first-order chi connectivity index (χ1) is 28.1. The van der Waals surface area contributed by atoms with Crippen LogP contribution in [0.1, 0.15) is 130 Å². The second-order valence-electron chi connectivity index (χ2n) is 12.7. The van der Waals surface area contributed by atoms with Gasteiger partial charge in [0.25, 0.3) is 0 Å². The van der Waals surface area contributed by atoms with Crippen LogP contribution >= 0.6 is 0 Å². The van der Waals surface area contributed by atoms with E-state index in [0.29, 0.717) is 0 Å². The second kappa shape index (κ2) is 22.0. The molecule has 0 radical (unpaired) electrons. The van der Waals surface area contributed by atoms with Gasteiger partial charge in [-0.3, -0.25) is 0 Å². The molecule has 0 amide bonds. The van der Waals surface area contributed by atoms with Gasteiger partial charge in [0, 0.05) is 42.8 Å². The second-order valence-corrected chi connectivity index (χ2v) is 12.7. The number of benzene rings is 6. The molecule has 2 heteroatoms. The molecule has 0 N–H and O–H groups in total. The number of anilines is 3. The van der Waals surface area contributed by atoms with Crippen LogP contribution in [0.3, 0.4) is 0 Å². The smallest absolute Gasteiger partial charge is 0.0727 e. The molecule has 0 aromatic heterocycles. The molecule has 0 atom stereocenters. The van der Waals surface area contributed by atoms with E-state index in [1.165, 1.54) is 83.8 Å². The van der Waals surface area contributed by atoms with Gasteiger partial charge in [-0.05, 0) is 112 Å². The van der Waals surface area contributed by atoms with Gasteiger partial charge in [-0.15, -0.1) is 0 Å². The van der Waals surface area contributed by atoms with Gasteiger partial charge < -0.3 is 9.80 Å². The molecule has 0 heterocycles. The van der Waals surface area contributed by atoms with Crippen LogP contribution in [0.5, 0.6) is 0 Å². The Balaban J connectivity index is 0.000000668. The van der Waals surface area contributed by atoms with Gasteiger partial charge in [-0.1, -0.05) is 180 Å². The van der Waals surface area contributed by atoms with Crippen molar-refractivity contribution in [2.24, 2.45) is 0 Å². The van der Waals surface area contributed by atoms with E-state index in [2.05, 4.69) is 158 Å². The molecule has 57 heavy (non-hydrogen) atoms. The molecule has 0 aliphatic heterocycles. The standard InChI is InChI=1S/C43H36N2.6C2H6/c1-4-44(3)30-21-23-35-36-24-22-31(45(5-2)41-20-12-14-29-25-28-13-6-7-15-32(28)42(29)41)27-40(36)43(39(35)26-30)37-18-10-8-16-33(37)34-17-9-11-19-38(34)43;6*1-2/h6-24,26-27H,4-5,25H2,1-3H3;6*1-2H3. The Labute approximate surface area is 348 Å². The van der Waals surface area contributed by atoms with Gasteiger partial charge in [0.1, 0.15) is 0 Å². The predicted molar refractivity (Wildman–Crippen MR) is 257 cm³/mol. The summed E-state index contributed by atoms with van der Waals surface area (Å²) >= 11 is 0. The number of nitrogens with zero attached hydrogens (tertiary/aromatic N) is 2. The van der Waals surface area contributed by atoms with E-state index in [1.54, 1.807) is 0 Å². The van der Waals surface area contributed by atoms with Crippen molar-refractivity contribution in [1.82, 2.24) is 0 Å². The minimum Gasteiger partial charge on any atom is -0.375 e. The average molecular weight is 761 g/mol. The Morgan fingerprint density at radius 1 is 0.421 bits per heavy atom. The van der Waals surface area contributed by atoms with Crippen LogP contribution in [0.4, 0.5) is 17.1 Å². The summed E-state index contributed by atoms with van der Waals surface area (Å²) in [5.74, 6) is 0. The minimum atomic E-state index is -0.372. The highest BCUT2D eigenvalue weighted by molar-refractivity contribution is 5.97. The first kappa shape index (κ1) is 46.3. The zero-order valence-electron chi connectivity index (χ0n) is 38.1. The minimum absolute atomic E-state index is 0.372. The lowest BCUT2D eigenvalue weighted by Crippen LogP contribution is -2.27. The van der Waals surface area contributed by atoms with Crippen molar-refractivity contribution in [1.29, 1.82) is 0 Å². The monoisotopic (exact) mass is 761 g/mol. The molecule has 0 unspecified atom stereocenters. The van der Waals surface area contributed by atoms with Crippen molar-refractivity contribution in [2.45, 2.75) is 109 Å². The molecule has 6 aromatic rings. The molecular weight excluding hydrogens is 689 g/mol. The highest BCUT2D eigenvalue weighted by atomic mass is 15.1. The fraction of sp³-hybridized carbons (Fsp3) is 0.345. The summed E-state index contributed by atoms with van der Waals surface area (Å²) in [6.45, 7) is 30.4. The Bertz CT molecular complexity index is 2110. The lowest BCUT2D eigenvalue weighted by atomic mass is 9.70. The van der Waals surface area contributed by atoms with Crippen molar-refractivity contribution in [3.05, 3.63) is 161 Å². The van der Waals surface area contributed by atoms with Gasteiger partial charge in [-0.25, -0.2) is 0 Å². The SMILES string of the molecule is CC.CC.CC.CC.CC.CC.CCN(C)c1ccc2c(c1)C1(c3ccccc3-c3ccccc31)c1cc(N(CC)c3cccc4c3-c3ccccc3C4)ccc1-2. The maximum Gasteiger partial charge on any atom is 0.0727 e. The van der Waals surface area contributed by atoms with Crippen LogP contribution in [-0.4, -0.2) is 20.1 Å². The van der Waals surface area contributed by atoms with Crippen LogP contribution in [0.15, 0.2) is 127 Å². The van der Waals surface area contributed by atoms with Crippen LogP contribution in [-0.2, 0) is 11.8 Å². The molecule has 3 aliphatic carbocycles. The average Bonchev–Trinajstić information content (AvgIpc) is 3.94. The van der Waals surface area contributed by atoms with Crippen LogP contribution in [0.25, 0.3) is 33.4 Å². The quantitative estimate of drug-likeness (QED) is 0.172. The molecule has 9 rings (SSSR count). The van der Waals surface area contributed by atoms with E-state index < -0.39 is 0 Å². The number of hydrogen-bond acceptors (Lipinski definition) is 2. The van der Waals surface area contributed by atoms with Gasteiger partial charge in [-0.2, -0.15) is 0 Å². The van der Waals surface area contributed by atoms with E-state index in [1.807, 2.05) is 83.1 Å². The van der Waals surface area contributed by atoms with E-state index >= 15 is 0 Å². The Kier molecular flexibility index (Phi) is 17.9. The van der Waals surface area contributed by atoms with E-state index in [0.717, 1.165) is 19.5 Å². The molecule has 1 spiro atoms. The van der Waals surface area contributed by atoms with Gasteiger partial charge in [0.2, 0.25) is 0 Å². The van der Waals surface area contributed by atoms with Crippen molar-refractivity contribution >= 4 is 17.1 Å². The van der Waals surface area contributed by atoms with E-state index in [9.17, 15) is 0 Å². The molecule has 0 fully saturated rings. The van der Waals surface area contributed by atoms with Crippen LogP contribution < -0.4 is 9.80 Å². The summed E-state index contributed by atoms with van der Waals surface area (Å²) in [4.78, 5) is 4.88. The Morgan fingerprint density at radius 2 is 0.860 bits per heavy atom. The highest BCUT2D eigenvalue weighted by Crippen LogP contribution is 2.63. The first-order valence-electron chi connectivity index (χ1n) is 22.3. The molecule has 0 saturated carbocycles. The largest absolute Gasteiger partial charge is 0.375 e. The molecule has 302 valence electrons. The van der Waals surface area contributed by atoms with E-state index in [4.69, 9.17) is 0 Å². The van der Waals surface area contributed by atoms with Crippen molar-refractivity contribution in [2.75, 3.05) is 29.9 Å². The maximum absolute atomic E-state index is 2.53. The summed E-state index contributed by atoms with van der Waals surface area (Å²) in [5, 5.41) is 0. The van der Waals surface area contributed by atoms with Gasteiger partial charge in [0.15, 0.2) is 0 Å². The van der Waals surface area contributed by atoms with Crippen molar-refractivity contribution in [3.63, 3.8) is 0 Å². The van der Waals surface area contributed by atoms with Crippen LogP contribution in [0.2, 0.25) is 0 Å². The summed E-state index contributed by atoms with van der Waals surface area (Å²) in [7, 11) is 2.20. The van der Waals surface area contributed by atoms with Crippen molar-refractivity contribution < 1.29 is 0 Å². The number of hydrogen-bond donors (Lipinski definition) is 0. The summed E-state index contributed by atoms with van der Waals surface area (Å²) in [6, 6.07) is 48.4. The highest BCUT2D eigenvalue weighted by Gasteiger charge is 2.52. The predicted octanol–water partition coefficient (Wildman–Crippen LogP) is 16.4. The fourth-order valence-electron chi connectivity index (χ4n) is 8.59. The van der Waals surface area contributed by atoms with Gasteiger partial charge in [0.05, 0.1) is 5.41 Å². The third kappa shape index (κ3) is 7.94. The fourth-order valence-corrected chi connectivity index (χ4v) is 8.59. The Morgan fingerprint density at radius 3 is 1.39 bits per heavy atom. The van der Waals surface area contributed by atoms with E-state index in [-0.39, 0.29) is 5.41 Å². The lowest BCUT2D eigenvalue weighted by Gasteiger charge is -2.33. The normalized spacial score (nSPS) is 11.6. The maximum atomic E-state index is 2.53. The summed E-state index contributed by atoms with van der Waals surface area (Å²) in [6.07, 6.45) is 1.00. The third-order valence-electron chi connectivity index (χ3n) is 10.7. The topological polar surface area (TPSA) is 6.48 Å². The molecular formula is C55H72N2. The Hall–Kier alpha value is -5.08. The zero-order valence-corrected chi connectivity index (χ0v) is 38.1. The molecule has 0 saturated heterocycles. The molecule has 2 nitrogen and oxygen atoms in total. The number of fused-ring (bicyclic) bond motifs is 13. The van der Waals surface area contributed by atoms with Crippen molar-refractivity contribution in [3.8, 4) is 33.4 Å². The lowest BCUT2D eigenvalue weighted by molar-refractivity contribution is 0.791. The summed E-state index contributed by atoms with van der Waals surface area (Å²) < 4.78 is 0. The number of rotatable bonds is 5. The van der Waals surface area contributed by atoms with Gasteiger partial charge >= 0.3 is 0 Å². The summed E-state index contributed by atoms with van der Waals surface area (Å²) in [5.41, 5.74) is 19.9. The third-order valence-corrected chi connectivity index (χ3v) is 10.7. The van der Waals surface area contributed by atoms with Crippen LogP contribution in [0, 0.1) is 0 Å². The first-order valence-corrected chi connectivity index (χ1v) is 22.3. The molecule has 3 aliphatic rings. The molecule has 6 aromatic carbocycles. The molecule has 0 bridgehead atoms. The zero-order chi connectivity index (χ0) is 42.3.